The monoisotopic (exact) mass is 354 g/mol. The van der Waals surface area contributed by atoms with Crippen LogP contribution in [0.1, 0.15) is 39.7 Å². The fourth-order valence-corrected chi connectivity index (χ4v) is 3.43. The van der Waals surface area contributed by atoms with Crippen LogP contribution in [0.3, 0.4) is 0 Å². The van der Waals surface area contributed by atoms with Crippen LogP contribution in [-0.4, -0.2) is 31.3 Å². The number of nitrogens with one attached hydrogen (secondary N) is 1. The molecule has 2 unspecified atom stereocenters. The molecule has 4 heteroatoms. The van der Waals surface area contributed by atoms with Gasteiger partial charge in [0.25, 0.3) is 0 Å². The maximum atomic E-state index is 5.68. The average molecular weight is 355 g/mol. The second-order valence-electron chi connectivity index (χ2n) is 6.93. The summed E-state index contributed by atoms with van der Waals surface area (Å²) >= 11 is 3.72. The van der Waals surface area contributed by atoms with Crippen molar-refractivity contribution in [2.75, 3.05) is 18.6 Å². The summed E-state index contributed by atoms with van der Waals surface area (Å²) in [6.07, 6.45) is 1.39. The van der Waals surface area contributed by atoms with Crippen molar-refractivity contribution < 1.29 is 4.74 Å². The molecular formula is C17H27BrN2O. The predicted octanol–water partition coefficient (Wildman–Crippen LogP) is 3.95. The van der Waals surface area contributed by atoms with Crippen LogP contribution in [0.15, 0.2) is 22.7 Å². The van der Waals surface area contributed by atoms with E-state index in [9.17, 15) is 0 Å². The Labute approximate surface area is 137 Å². The predicted molar refractivity (Wildman–Crippen MR) is 93.0 cm³/mol. The molecule has 1 aromatic rings. The number of hydrogen-bond acceptors (Lipinski definition) is 3. The van der Waals surface area contributed by atoms with E-state index in [1.54, 1.807) is 0 Å². The van der Waals surface area contributed by atoms with Crippen LogP contribution < -0.4 is 10.2 Å². The molecule has 1 aliphatic heterocycles. The molecule has 0 saturated carbocycles. The van der Waals surface area contributed by atoms with Crippen molar-refractivity contribution in [3.63, 3.8) is 0 Å². The Morgan fingerprint density at radius 2 is 2.10 bits per heavy atom. The van der Waals surface area contributed by atoms with Gasteiger partial charge in [-0.2, -0.15) is 0 Å². The van der Waals surface area contributed by atoms with E-state index >= 15 is 0 Å². The second-order valence-corrected chi connectivity index (χ2v) is 7.79. The standard InChI is InChI=1S/C17H27BrN2O/c1-12-15(8-9-21-12)20(5)16-7-6-13(10-14(16)18)11-19-17(2,3)4/h6-7,10,12,15,19H,8-9,11H2,1-5H3. The maximum absolute atomic E-state index is 5.68. The van der Waals surface area contributed by atoms with Crippen molar-refractivity contribution in [1.82, 2.24) is 5.32 Å². The number of benzene rings is 1. The van der Waals surface area contributed by atoms with Crippen molar-refractivity contribution in [2.45, 2.75) is 58.3 Å². The highest BCUT2D eigenvalue weighted by atomic mass is 79.9. The Hall–Kier alpha value is -0.580. The molecule has 0 spiro atoms. The maximum Gasteiger partial charge on any atom is 0.0750 e. The first-order valence-corrected chi connectivity index (χ1v) is 8.45. The Morgan fingerprint density at radius 3 is 2.62 bits per heavy atom. The van der Waals surface area contributed by atoms with Crippen molar-refractivity contribution >= 4 is 21.6 Å². The first-order chi connectivity index (χ1) is 9.78. The molecule has 2 rings (SSSR count). The van der Waals surface area contributed by atoms with E-state index in [1.807, 2.05) is 0 Å². The van der Waals surface area contributed by atoms with E-state index < -0.39 is 0 Å². The van der Waals surface area contributed by atoms with Crippen LogP contribution in [0.4, 0.5) is 5.69 Å². The number of hydrogen-bond donors (Lipinski definition) is 1. The van der Waals surface area contributed by atoms with E-state index in [4.69, 9.17) is 4.74 Å². The number of rotatable bonds is 4. The Balaban J connectivity index is 2.08. The minimum absolute atomic E-state index is 0.137. The molecule has 1 heterocycles. The van der Waals surface area contributed by atoms with Gasteiger partial charge in [0.2, 0.25) is 0 Å². The van der Waals surface area contributed by atoms with Crippen molar-refractivity contribution in [3.8, 4) is 0 Å². The van der Waals surface area contributed by atoms with E-state index in [-0.39, 0.29) is 5.54 Å². The minimum Gasteiger partial charge on any atom is -0.376 e. The molecule has 1 aromatic carbocycles. The molecule has 0 bridgehead atoms. The van der Waals surface area contributed by atoms with Crippen LogP contribution in [0.5, 0.6) is 0 Å². The molecule has 2 atom stereocenters. The quantitative estimate of drug-likeness (QED) is 0.885. The summed E-state index contributed by atoms with van der Waals surface area (Å²) in [6, 6.07) is 7.08. The molecule has 0 aliphatic carbocycles. The third-order valence-corrected chi connectivity index (χ3v) is 4.68. The van der Waals surface area contributed by atoms with Crippen molar-refractivity contribution in [2.24, 2.45) is 0 Å². The van der Waals surface area contributed by atoms with E-state index in [2.05, 4.69) is 79.1 Å². The van der Waals surface area contributed by atoms with Gasteiger partial charge in [0.15, 0.2) is 0 Å². The summed E-state index contributed by atoms with van der Waals surface area (Å²) in [5, 5.41) is 3.52. The molecule has 0 amide bonds. The fourth-order valence-electron chi connectivity index (χ4n) is 2.72. The third-order valence-electron chi connectivity index (χ3n) is 4.05. The first kappa shape index (κ1) is 16.8. The van der Waals surface area contributed by atoms with Gasteiger partial charge in [0, 0.05) is 30.2 Å². The van der Waals surface area contributed by atoms with Gasteiger partial charge in [0.1, 0.15) is 0 Å². The molecule has 3 nitrogen and oxygen atoms in total. The topological polar surface area (TPSA) is 24.5 Å². The molecule has 21 heavy (non-hydrogen) atoms. The smallest absolute Gasteiger partial charge is 0.0750 e. The Kier molecular flexibility index (Phi) is 5.33. The van der Waals surface area contributed by atoms with E-state index in [0.29, 0.717) is 12.1 Å². The summed E-state index contributed by atoms with van der Waals surface area (Å²) < 4.78 is 6.83. The average Bonchev–Trinajstić information content (AvgIpc) is 2.81. The van der Waals surface area contributed by atoms with Crippen LogP contribution in [0.2, 0.25) is 0 Å². The highest BCUT2D eigenvalue weighted by molar-refractivity contribution is 9.10. The number of nitrogens with zero attached hydrogens (tertiary/aromatic N) is 1. The van der Waals surface area contributed by atoms with Gasteiger partial charge in [-0.1, -0.05) is 6.07 Å². The lowest BCUT2D eigenvalue weighted by Gasteiger charge is -2.30. The van der Waals surface area contributed by atoms with Crippen LogP contribution in [-0.2, 0) is 11.3 Å². The molecule has 0 radical (unpaired) electrons. The Morgan fingerprint density at radius 1 is 1.38 bits per heavy atom. The lowest BCUT2D eigenvalue weighted by molar-refractivity contribution is 0.118. The van der Waals surface area contributed by atoms with Gasteiger partial charge in [0.05, 0.1) is 17.8 Å². The summed E-state index contributed by atoms with van der Waals surface area (Å²) in [5.41, 5.74) is 2.67. The summed E-state index contributed by atoms with van der Waals surface area (Å²) in [4.78, 5) is 2.34. The van der Waals surface area contributed by atoms with E-state index in [0.717, 1.165) is 24.0 Å². The third kappa shape index (κ3) is 4.44. The van der Waals surface area contributed by atoms with Gasteiger partial charge in [-0.05, 0) is 67.7 Å². The normalized spacial score (nSPS) is 22.6. The zero-order valence-electron chi connectivity index (χ0n) is 13.7. The lowest BCUT2D eigenvalue weighted by Crippen LogP contribution is -2.37. The number of ether oxygens (including phenoxy) is 1. The molecule has 0 aromatic heterocycles. The summed E-state index contributed by atoms with van der Waals surface area (Å²) in [7, 11) is 2.16. The second kappa shape index (κ2) is 6.67. The minimum atomic E-state index is 0.137. The number of halogens is 1. The molecule has 118 valence electrons. The summed E-state index contributed by atoms with van der Waals surface area (Å²) in [5.74, 6) is 0. The zero-order chi connectivity index (χ0) is 15.6. The van der Waals surface area contributed by atoms with Crippen LogP contribution in [0.25, 0.3) is 0 Å². The van der Waals surface area contributed by atoms with Crippen molar-refractivity contribution in [3.05, 3.63) is 28.2 Å². The first-order valence-electron chi connectivity index (χ1n) is 7.66. The largest absolute Gasteiger partial charge is 0.376 e. The fraction of sp³-hybridized carbons (Fsp3) is 0.647. The van der Waals surface area contributed by atoms with Gasteiger partial charge < -0.3 is 15.0 Å². The van der Waals surface area contributed by atoms with Crippen LogP contribution >= 0.6 is 15.9 Å². The number of anilines is 1. The molecule has 1 aliphatic rings. The highest BCUT2D eigenvalue weighted by Crippen LogP contribution is 2.31. The highest BCUT2D eigenvalue weighted by Gasteiger charge is 2.28. The molecule has 1 saturated heterocycles. The molecular weight excluding hydrogens is 328 g/mol. The zero-order valence-corrected chi connectivity index (χ0v) is 15.3. The lowest BCUT2D eigenvalue weighted by atomic mass is 10.1. The van der Waals surface area contributed by atoms with Crippen LogP contribution in [0, 0.1) is 0 Å². The van der Waals surface area contributed by atoms with Crippen molar-refractivity contribution in [1.29, 1.82) is 0 Å². The van der Waals surface area contributed by atoms with Gasteiger partial charge in [-0.25, -0.2) is 0 Å². The van der Waals surface area contributed by atoms with E-state index in [1.165, 1.54) is 11.3 Å². The summed E-state index contributed by atoms with van der Waals surface area (Å²) in [6.45, 7) is 10.5. The SMILES string of the molecule is CC1OCCC1N(C)c1ccc(CNC(C)(C)C)cc1Br. The molecule has 1 fully saturated rings. The van der Waals surface area contributed by atoms with Gasteiger partial charge >= 0.3 is 0 Å². The number of likely N-dealkylation sites (N-methyl/N-ethyl adjacent to an activating group) is 1. The Bertz CT molecular complexity index is 484. The molecule has 1 N–H and O–H groups in total. The van der Waals surface area contributed by atoms with Gasteiger partial charge in [-0.15, -0.1) is 0 Å². The van der Waals surface area contributed by atoms with Gasteiger partial charge in [-0.3, -0.25) is 0 Å².